The molecular formula is C55H73IN2O4. The van der Waals surface area contributed by atoms with Crippen molar-refractivity contribution in [2.24, 2.45) is 11.8 Å². The second-order valence-corrected chi connectivity index (χ2v) is 17.3. The van der Waals surface area contributed by atoms with Gasteiger partial charge in [-0.15, -0.1) is 24.0 Å². The summed E-state index contributed by atoms with van der Waals surface area (Å²) in [6.07, 6.45) is 12.9. The molecule has 4 aliphatic rings. The number of benzene rings is 5. The lowest BCUT2D eigenvalue weighted by atomic mass is 9.75. The quantitative estimate of drug-likeness (QED) is 0.102. The molecule has 2 heterocycles. The van der Waals surface area contributed by atoms with E-state index in [0.29, 0.717) is 37.1 Å². The van der Waals surface area contributed by atoms with Crippen molar-refractivity contribution in [3.8, 4) is 23.0 Å². The van der Waals surface area contributed by atoms with Crippen LogP contribution < -0.4 is 9.47 Å². The predicted molar refractivity (Wildman–Crippen MR) is 267 cm³/mol. The van der Waals surface area contributed by atoms with Crippen LogP contribution in [0.1, 0.15) is 106 Å². The Labute approximate surface area is 390 Å². The van der Waals surface area contributed by atoms with Gasteiger partial charge >= 0.3 is 0 Å². The highest BCUT2D eigenvalue weighted by Crippen LogP contribution is 2.44. The first-order chi connectivity index (χ1) is 29.4. The molecule has 0 bridgehead atoms. The molecule has 2 saturated heterocycles. The molecule has 0 aromatic heterocycles. The number of aryl methyl sites for hydroxylation is 1. The molecule has 0 radical (unpaired) electrons. The smallest absolute Gasteiger partial charge is 0.165 e. The van der Waals surface area contributed by atoms with Crippen LogP contribution in [0.5, 0.6) is 23.0 Å². The molecular weight excluding hydrogens is 880 g/mol. The summed E-state index contributed by atoms with van der Waals surface area (Å²) >= 11 is 0. The number of fused-ring (bicyclic) bond motifs is 4. The normalized spacial score (nSPS) is 20.0. The average Bonchev–Trinajstić information content (AvgIpc) is 3.30. The minimum Gasteiger partial charge on any atom is -0.504 e. The van der Waals surface area contributed by atoms with Gasteiger partial charge in [0.25, 0.3) is 0 Å². The molecule has 2 aliphatic carbocycles. The highest BCUT2D eigenvalue weighted by molar-refractivity contribution is 14.0. The number of aromatic hydroxyl groups is 2. The first kappa shape index (κ1) is 49.0. The maximum absolute atomic E-state index is 10.0. The summed E-state index contributed by atoms with van der Waals surface area (Å²) < 4.78 is 12.9. The molecule has 6 nitrogen and oxygen atoms in total. The molecule has 0 unspecified atom stereocenters. The predicted octanol–water partition coefficient (Wildman–Crippen LogP) is 12.6. The van der Waals surface area contributed by atoms with E-state index in [1.165, 1.54) is 98.1 Å². The lowest BCUT2D eigenvalue weighted by Gasteiger charge is -2.45. The Bertz CT molecular complexity index is 2060. The van der Waals surface area contributed by atoms with Crippen molar-refractivity contribution in [3.05, 3.63) is 154 Å². The van der Waals surface area contributed by atoms with Gasteiger partial charge in [-0.2, -0.15) is 0 Å². The minimum absolute atomic E-state index is 0. The number of hydrogen-bond acceptors (Lipinski definition) is 6. The summed E-state index contributed by atoms with van der Waals surface area (Å²) in [6, 6.07) is 40.6. The van der Waals surface area contributed by atoms with Crippen molar-refractivity contribution in [2.45, 2.75) is 124 Å². The van der Waals surface area contributed by atoms with Crippen LogP contribution in [0.3, 0.4) is 0 Å². The van der Waals surface area contributed by atoms with Gasteiger partial charge in [-0.3, -0.25) is 9.80 Å². The Morgan fingerprint density at radius 1 is 0.548 bits per heavy atom. The first-order valence-electron chi connectivity index (χ1n) is 23.0. The first-order valence-corrected chi connectivity index (χ1v) is 23.0. The molecule has 5 aromatic carbocycles. The Hall–Kier alpha value is -4.05. The van der Waals surface area contributed by atoms with Crippen molar-refractivity contribution in [3.63, 3.8) is 0 Å². The topological polar surface area (TPSA) is 65.4 Å². The Kier molecular flexibility index (Phi) is 19.5. The summed E-state index contributed by atoms with van der Waals surface area (Å²) in [5, 5.41) is 19.7. The van der Waals surface area contributed by atoms with E-state index >= 15 is 0 Å². The molecule has 5 aromatic rings. The number of halogens is 1. The number of nitrogens with zero attached hydrogens (tertiary/aromatic N) is 2. The van der Waals surface area contributed by atoms with E-state index in [1.54, 1.807) is 6.07 Å². The van der Waals surface area contributed by atoms with Crippen LogP contribution in [-0.2, 0) is 45.3 Å². The second kappa shape index (κ2) is 24.7. The molecule has 0 saturated carbocycles. The van der Waals surface area contributed by atoms with E-state index in [2.05, 4.69) is 116 Å². The Morgan fingerprint density at radius 2 is 1.02 bits per heavy atom. The van der Waals surface area contributed by atoms with Crippen molar-refractivity contribution in [1.82, 2.24) is 9.80 Å². The van der Waals surface area contributed by atoms with Gasteiger partial charge in [0.15, 0.2) is 23.0 Å². The summed E-state index contributed by atoms with van der Waals surface area (Å²) in [5.74, 6) is 3.32. The molecule has 2 aliphatic heterocycles. The van der Waals surface area contributed by atoms with E-state index in [0.717, 1.165) is 49.2 Å². The standard InChI is InChI=1S/C30H35NO2.C16H23NO2.C8H10.CH4.HI/c1-2-17-31-18-9-14-26-19-27-25(20-28(26)31)15-16-29(32-21-23-10-5-3-6-11-23)30(27)33-22-24-12-7-4-8-13-24;1-2-7-17-8-3-4-12-9-13-11(10-14(12)17)5-6-15(18)16(13)19;1-2-8-6-4-3-5-7-8;;/h3-8,10-13,15-16,26,28H,2,9,14,17-22H2,1H3;5-6,12,14,18-19H,2-4,7-10H2,1H3;3-7H,2H2,1H3;1H4;1H/t26-,28-;12-,14-;;;/m11.../s1. The van der Waals surface area contributed by atoms with Crippen molar-refractivity contribution >= 4 is 24.0 Å². The maximum Gasteiger partial charge on any atom is 0.165 e. The van der Waals surface area contributed by atoms with Crippen LogP contribution in [0.4, 0.5) is 0 Å². The van der Waals surface area contributed by atoms with Crippen LogP contribution in [0.15, 0.2) is 115 Å². The molecule has 2 fully saturated rings. The Morgan fingerprint density at radius 3 is 1.52 bits per heavy atom. The summed E-state index contributed by atoms with van der Waals surface area (Å²) in [5.41, 5.74) is 8.79. The van der Waals surface area contributed by atoms with Gasteiger partial charge < -0.3 is 19.7 Å². The van der Waals surface area contributed by atoms with Gasteiger partial charge in [-0.25, -0.2) is 0 Å². The van der Waals surface area contributed by atoms with Crippen molar-refractivity contribution in [2.75, 3.05) is 26.2 Å². The Balaban J connectivity index is 0.000000210. The van der Waals surface area contributed by atoms with Gasteiger partial charge in [0, 0.05) is 23.2 Å². The number of hydrogen-bond donors (Lipinski definition) is 2. The molecule has 2 N–H and O–H groups in total. The van der Waals surface area contributed by atoms with Gasteiger partial charge in [0.1, 0.15) is 13.2 Å². The fourth-order valence-electron chi connectivity index (χ4n) is 10.2. The number of rotatable bonds is 11. The van der Waals surface area contributed by atoms with Crippen LogP contribution in [-0.4, -0.2) is 58.3 Å². The van der Waals surface area contributed by atoms with E-state index in [9.17, 15) is 10.2 Å². The fourth-order valence-corrected chi connectivity index (χ4v) is 10.2. The highest BCUT2D eigenvalue weighted by Gasteiger charge is 2.38. The largest absolute Gasteiger partial charge is 0.504 e. The van der Waals surface area contributed by atoms with E-state index in [4.69, 9.17) is 9.47 Å². The SMILES string of the molecule is C.CCCN1CCC[C@@H]2Cc3c(ccc(O)c3O)C[C@H]21.CCCN1CCC[C@@H]2Cc3c(ccc(OCc4ccccc4)c3OCc3ccccc3)C[C@H]21.CCc1ccccc1.I. The van der Waals surface area contributed by atoms with E-state index in [1.807, 2.05) is 24.3 Å². The van der Waals surface area contributed by atoms with Crippen LogP contribution in [0.2, 0.25) is 0 Å². The lowest BCUT2D eigenvalue weighted by molar-refractivity contribution is 0.0844. The second-order valence-electron chi connectivity index (χ2n) is 17.3. The zero-order valence-electron chi connectivity index (χ0n) is 36.8. The van der Waals surface area contributed by atoms with Crippen LogP contribution in [0, 0.1) is 11.8 Å². The van der Waals surface area contributed by atoms with Crippen molar-refractivity contribution in [1.29, 1.82) is 0 Å². The fraction of sp³-hybridized carbons (Fsp3) is 0.455. The zero-order chi connectivity index (χ0) is 41.7. The number of piperidine rings is 2. The molecule has 9 rings (SSSR count). The number of ether oxygens (including phenoxy) is 2. The summed E-state index contributed by atoms with van der Waals surface area (Å²) in [7, 11) is 0. The molecule has 4 atom stereocenters. The minimum atomic E-state index is 0. The van der Waals surface area contributed by atoms with Crippen molar-refractivity contribution < 1.29 is 19.7 Å². The zero-order valence-corrected chi connectivity index (χ0v) is 39.1. The van der Waals surface area contributed by atoms with Gasteiger partial charge in [-0.05, 0) is 149 Å². The molecule has 0 amide bonds. The third-order valence-electron chi connectivity index (χ3n) is 13.3. The van der Waals surface area contributed by atoms with Crippen LogP contribution in [0.25, 0.3) is 0 Å². The molecule has 7 heteroatoms. The maximum atomic E-state index is 10.0. The molecule has 0 spiro atoms. The van der Waals surface area contributed by atoms with Gasteiger partial charge in [-0.1, -0.05) is 131 Å². The van der Waals surface area contributed by atoms with E-state index in [-0.39, 0.29) is 42.9 Å². The number of phenols is 2. The number of likely N-dealkylation sites (tertiary alicyclic amines) is 2. The lowest BCUT2D eigenvalue weighted by Crippen LogP contribution is -2.49. The highest BCUT2D eigenvalue weighted by atomic mass is 127. The third-order valence-corrected chi connectivity index (χ3v) is 13.3. The number of phenolic OH excluding ortho intramolecular Hbond substituents is 2. The van der Waals surface area contributed by atoms with Gasteiger partial charge in [0.05, 0.1) is 0 Å². The third kappa shape index (κ3) is 12.6. The van der Waals surface area contributed by atoms with Crippen LogP contribution >= 0.6 is 24.0 Å². The molecule has 334 valence electrons. The van der Waals surface area contributed by atoms with E-state index < -0.39 is 0 Å². The monoisotopic (exact) mass is 952 g/mol. The summed E-state index contributed by atoms with van der Waals surface area (Å²) in [4.78, 5) is 5.36. The average molecular weight is 953 g/mol. The summed E-state index contributed by atoms with van der Waals surface area (Å²) in [6.45, 7) is 12.7. The van der Waals surface area contributed by atoms with Gasteiger partial charge in [0.2, 0.25) is 0 Å². The molecule has 62 heavy (non-hydrogen) atoms.